The summed E-state index contributed by atoms with van der Waals surface area (Å²) in [6.45, 7) is 3.68. The predicted molar refractivity (Wildman–Crippen MR) is 60.1 cm³/mol. The van der Waals surface area contributed by atoms with Gasteiger partial charge in [0.2, 0.25) is 0 Å². The Bertz CT molecular complexity index is 475. The number of fused-ring (bicyclic) bond motifs is 1. The van der Waals surface area contributed by atoms with Crippen LogP contribution < -0.4 is 5.73 Å². The second-order valence-electron chi connectivity index (χ2n) is 3.21. The summed E-state index contributed by atoms with van der Waals surface area (Å²) in [6.07, 6.45) is 2.53. The number of nitrogens with zero attached hydrogens (tertiary/aromatic N) is 1. The number of anilines is 1. The normalized spacial score (nSPS) is 10.3. The number of hydrogen-bond donors (Lipinski definition) is 1. The van der Waals surface area contributed by atoms with Crippen molar-refractivity contribution in [1.82, 2.24) is 4.98 Å². The van der Waals surface area contributed by atoms with Gasteiger partial charge in [-0.2, -0.15) is 0 Å². The van der Waals surface area contributed by atoms with Crippen molar-refractivity contribution in [2.24, 2.45) is 0 Å². The van der Waals surface area contributed by atoms with E-state index < -0.39 is 0 Å². The van der Waals surface area contributed by atoms with Crippen LogP contribution in [0.4, 0.5) is 5.69 Å². The van der Waals surface area contributed by atoms with Gasteiger partial charge >= 0.3 is 0 Å². The first-order valence-corrected chi connectivity index (χ1v) is 4.56. The van der Waals surface area contributed by atoms with Crippen molar-refractivity contribution in [3.63, 3.8) is 0 Å². The minimum absolute atomic E-state index is 0.719. The van der Waals surface area contributed by atoms with Gasteiger partial charge in [-0.1, -0.05) is 24.3 Å². The zero-order valence-corrected chi connectivity index (χ0v) is 7.90. The third-order valence-electron chi connectivity index (χ3n) is 2.17. The molecule has 1 aromatic heterocycles. The van der Waals surface area contributed by atoms with Gasteiger partial charge in [0.15, 0.2) is 0 Å². The molecule has 2 rings (SSSR count). The first-order chi connectivity index (χ1) is 6.81. The highest BCUT2D eigenvalue weighted by atomic mass is 14.7. The minimum atomic E-state index is 0.719. The summed E-state index contributed by atoms with van der Waals surface area (Å²) >= 11 is 0. The molecule has 2 heteroatoms. The Balaban J connectivity index is 2.64. The Morgan fingerprint density at radius 2 is 2.14 bits per heavy atom. The van der Waals surface area contributed by atoms with E-state index in [-0.39, 0.29) is 0 Å². The Labute approximate surface area is 83.1 Å². The lowest BCUT2D eigenvalue weighted by Crippen LogP contribution is -1.97. The van der Waals surface area contributed by atoms with Gasteiger partial charge in [0, 0.05) is 11.8 Å². The van der Waals surface area contributed by atoms with Gasteiger partial charge in [0.05, 0.1) is 16.9 Å². The minimum Gasteiger partial charge on any atom is -0.397 e. The van der Waals surface area contributed by atoms with Crippen LogP contribution in [0.1, 0.15) is 5.69 Å². The van der Waals surface area contributed by atoms with Crippen LogP contribution in [0.25, 0.3) is 10.9 Å². The van der Waals surface area contributed by atoms with Crippen LogP contribution in [0.15, 0.2) is 43.0 Å². The molecule has 0 amide bonds. The van der Waals surface area contributed by atoms with Crippen molar-refractivity contribution >= 4 is 16.6 Å². The highest BCUT2D eigenvalue weighted by Crippen LogP contribution is 2.18. The summed E-state index contributed by atoms with van der Waals surface area (Å²) in [5.74, 6) is 0. The third-order valence-corrected chi connectivity index (χ3v) is 2.17. The summed E-state index contributed by atoms with van der Waals surface area (Å²) in [6, 6.07) is 9.92. The summed E-state index contributed by atoms with van der Waals surface area (Å²) in [5, 5.41) is 1.08. The van der Waals surface area contributed by atoms with Crippen molar-refractivity contribution in [2.75, 3.05) is 5.73 Å². The Hall–Kier alpha value is -1.83. The summed E-state index contributed by atoms with van der Waals surface area (Å²) in [5.41, 5.74) is 8.49. The van der Waals surface area contributed by atoms with E-state index in [1.165, 1.54) is 0 Å². The molecule has 0 aliphatic rings. The van der Waals surface area contributed by atoms with E-state index >= 15 is 0 Å². The van der Waals surface area contributed by atoms with E-state index in [1.54, 1.807) is 0 Å². The molecule has 0 saturated carbocycles. The molecular formula is C12H12N2. The van der Waals surface area contributed by atoms with Crippen molar-refractivity contribution in [3.05, 3.63) is 48.7 Å². The molecular weight excluding hydrogens is 172 g/mol. The zero-order valence-electron chi connectivity index (χ0n) is 7.90. The van der Waals surface area contributed by atoms with Gasteiger partial charge in [0.1, 0.15) is 0 Å². The standard InChI is InChI=1S/C12H12N2/c1-2-5-12-10(13)8-9-6-3-4-7-11(9)14-12/h2-4,6-8H,1,5,13H2. The van der Waals surface area contributed by atoms with Crippen LogP contribution in [0.2, 0.25) is 0 Å². The van der Waals surface area contributed by atoms with Gasteiger partial charge < -0.3 is 5.73 Å². The second kappa shape index (κ2) is 3.50. The van der Waals surface area contributed by atoms with Crippen molar-refractivity contribution in [2.45, 2.75) is 6.42 Å². The molecule has 0 saturated heterocycles. The largest absolute Gasteiger partial charge is 0.397 e. The number of nitrogens with two attached hydrogens (primary N) is 1. The zero-order chi connectivity index (χ0) is 9.97. The maximum Gasteiger partial charge on any atom is 0.0707 e. The van der Waals surface area contributed by atoms with Gasteiger partial charge in [-0.25, -0.2) is 0 Å². The summed E-state index contributed by atoms with van der Waals surface area (Å²) < 4.78 is 0. The molecule has 2 aromatic rings. The fourth-order valence-electron chi connectivity index (χ4n) is 1.47. The van der Waals surface area contributed by atoms with Crippen molar-refractivity contribution in [1.29, 1.82) is 0 Å². The van der Waals surface area contributed by atoms with E-state index in [4.69, 9.17) is 5.73 Å². The summed E-state index contributed by atoms with van der Waals surface area (Å²) in [4.78, 5) is 4.47. The van der Waals surface area contributed by atoms with Crippen molar-refractivity contribution < 1.29 is 0 Å². The van der Waals surface area contributed by atoms with Gasteiger partial charge in [-0.3, -0.25) is 4.98 Å². The van der Waals surface area contributed by atoms with Gasteiger partial charge in [0.25, 0.3) is 0 Å². The molecule has 2 nitrogen and oxygen atoms in total. The van der Waals surface area contributed by atoms with Crippen LogP contribution in [-0.2, 0) is 6.42 Å². The Kier molecular flexibility index (Phi) is 2.19. The number of allylic oxidation sites excluding steroid dienone is 1. The van der Waals surface area contributed by atoms with Crippen LogP contribution in [0.3, 0.4) is 0 Å². The SMILES string of the molecule is C=CCc1nc2ccccc2cc1N. The molecule has 2 N–H and O–H groups in total. The van der Waals surface area contributed by atoms with Gasteiger partial charge in [-0.05, 0) is 12.1 Å². The average Bonchev–Trinajstić information content (AvgIpc) is 2.19. The predicted octanol–water partition coefficient (Wildman–Crippen LogP) is 2.55. The third kappa shape index (κ3) is 1.46. The number of hydrogen-bond acceptors (Lipinski definition) is 2. The number of nitrogen functional groups attached to an aromatic ring is 1. The van der Waals surface area contributed by atoms with Crippen molar-refractivity contribution in [3.8, 4) is 0 Å². The number of pyridine rings is 1. The van der Waals surface area contributed by atoms with Crippen LogP contribution in [0, 0.1) is 0 Å². The molecule has 0 aliphatic carbocycles. The monoisotopic (exact) mass is 184 g/mol. The van der Waals surface area contributed by atoms with E-state index in [0.29, 0.717) is 0 Å². The molecule has 0 atom stereocenters. The molecule has 0 bridgehead atoms. The smallest absolute Gasteiger partial charge is 0.0707 e. The van der Waals surface area contributed by atoms with Crippen LogP contribution >= 0.6 is 0 Å². The average molecular weight is 184 g/mol. The molecule has 0 radical (unpaired) electrons. The topological polar surface area (TPSA) is 38.9 Å². The second-order valence-corrected chi connectivity index (χ2v) is 3.21. The lowest BCUT2D eigenvalue weighted by atomic mass is 10.1. The molecule has 1 aromatic carbocycles. The summed E-state index contributed by atoms with van der Waals surface area (Å²) in [7, 11) is 0. The van der Waals surface area contributed by atoms with E-state index in [1.807, 2.05) is 36.4 Å². The van der Waals surface area contributed by atoms with Gasteiger partial charge in [-0.15, -0.1) is 6.58 Å². The Morgan fingerprint density at radius 3 is 2.93 bits per heavy atom. The number of aromatic nitrogens is 1. The maximum absolute atomic E-state index is 5.86. The number of rotatable bonds is 2. The molecule has 14 heavy (non-hydrogen) atoms. The first kappa shape index (κ1) is 8.75. The fraction of sp³-hybridized carbons (Fsp3) is 0.0833. The number of para-hydroxylation sites is 1. The molecule has 0 fully saturated rings. The molecule has 0 spiro atoms. The molecule has 0 aliphatic heterocycles. The quantitative estimate of drug-likeness (QED) is 0.728. The highest BCUT2D eigenvalue weighted by Gasteiger charge is 2.01. The fourth-order valence-corrected chi connectivity index (χ4v) is 1.47. The lowest BCUT2D eigenvalue weighted by molar-refractivity contribution is 1.15. The van der Waals surface area contributed by atoms with Crippen LogP contribution in [-0.4, -0.2) is 4.98 Å². The van der Waals surface area contributed by atoms with E-state index in [2.05, 4.69) is 11.6 Å². The lowest BCUT2D eigenvalue weighted by Gasteiger charge is -2.04. The van der Waals surface area contributed by atoms with E-state index in [9.17, 15) is 0 Å². The van der Waals surface area contributed by atoms with E-state index in [0.717, 1.165) is 28.7 Å². The van der Waals surface area contributed by atoms with Crippen LogP contribution in [0.5, 0.6) is 0 Å². The number of benzene rings is 1. The molecule has 0 unspecified atom stereocenters. The molecule has 1 heterocycles. The molecule has 70 valence electrons. The highest BCUT2D eigenvalue weighted by molar-refractivity contribution is 5.82. The maximum atomic E-state index is 5.86. The first-order valence-electron chi connectivity index (χ1n) is 4.56. The Morgan fingerprint density at radius 1 is 1.36 bits per heavy atom.